The minimum atomic E-state index is -0.888. The normalized spacial score (nSPS) is 22.3. The first kappa shape index (κ1) is 14.1. The number of benzene rings is 1. The second kappa shape index (κ2) is 5.15. The highest BCUT2D eigenvalue weighted by Crippen LogP contribution is 2.35. The van der Waals surface area contributed by atoms with E-state index in [0.29, 0.717) is 12.8 Å². The van der Waals surface area contributed by atoms with Crippen LogP contribution in [0.25, 0.3) is 11.0 Å². The predicted octanol–water partition coefficient (Wildman–Crippen LogP) is 3.23. The standard InChI is InChI=1S/C16H20N2O3/c1-9(2)18-12-5-4-10(3)8-11(12)17-15(18)13-6-7-14(21-13)16(19)20/h4-5,8-9,13-14H,6-7H2,1-3H3,(H,19,20). The molecular weight excluding hydrogens is 268 g/mol. The third-order valence-electron chi connectivity index (χ3n) is 3.97. The Kier molecular flexibility index (Phi) is 3.45. The summed E-state index contributed by atoms with van der Waals surface area (Å²) in [6.45, 7) is 6.25. The summed E-state index contributed by atoms with van der Waals surface area (Å²) in [5.41, 5.74) is 3.19. The van der Waals surface area contributed by atoms with Gasteiger partial charge in [-0.05, 0) is 51.3 Å². The molecule has 1 aliphatic rings. The summed E-state index contributed by atoms with van der Waals surface area (Å²) in [6, 6.07) is 6.45. The van der Waals surface area contributed by atoms with Crippen molar-refractivity contribution in [3.05, 3.63) is 29.6 Å². The molecule has 0 amide bonds. The van der Waals surface area contributed by atoms with Crippen LogP contribution in [0.3, 0.4) is 0 Å². The molecule has 0 aliphatic carbocycles. The number of carboxylic acids is 1. The number of hydrogen-bond acceptors (Lipinski definition) is 3. The number of imidazole rings is 1. The van der Waals surface area contributed by atoms with Crippen molar-refractivity contribution in [1.29, 1.82) is 0 Å². The summed E-state index contributed by atoms with van der Waals surface area (Å²) >= 11 is 0. The van der Waals surface area contributed by atoms with Crippen molar-refractivity contribution < 1.29 is 14.6 Å². The van der Waals surface area contributed by atoms with Crippen molar-refractivity contribution in [2.24, 2.45) is 0 Å². The highest BCUT2D eigenvalue weighted by atomic mass is 16.5. The van der Waals surface area contributed by atoms with Gasteiger partial charge in [0.15, 0.2) is 6.10 Å². The van der Waals surface area contributed by atoms with Gasteiger partial charge in [0, 0.05) is 6.04 Å². The Bertz CT molecular complexity index is 690. The van der Waals surface area contributed by atoms with E-state index in [1.807, 2.05) is 6.92 Å². The highest BCUT2D eigenvalue weighted by molar-refractivity contribution is 5.77. The molecule has 5 heteroatoms. The topological polar surface area (TPSA) is 64.3 Å². The van der Waals surface area contributed by atoms with Crippen molar-refractivity contribution in [3.8, 4) is 0 Å². The van der Waals surface area contributed by atoms with Crippen LogP contribution in [0.2, 0.25) is 0 Å². The fraction of sp³-hybridized carbons (Fsp3) is 0.500. The molecule has 2 aromatic rings. The molecule has 21 heavy (non-hydrogen) atoms. The lowest BCUT2D eigenvalue weighted by Gasteiger charge is -2.17. The number of aryl methyl sites for hydroxylation is 1. The lowest BCUT2D eigenvalue weighted by Crippen LogP contribution is -2.19. The maximum Gasteiger partial charge on any atom is 0.332 e. The average Bonchev–Trinajstić information content (AvgIpc) is 3.01. The van der Waals surface area contributed by atoms with E-state index >= 15 is 0 Å². The molecule has 0 saturated carbocycles. The van der Waals surface area contributed by atoms with Crippen LogP contribution in [0.1, 0.15) is 50.2 Å². The molecular formula is C16H20N2O3. The second-order valence-electron chi connectivity index (χ2n) is 5.95. The molecule has 0 spiro atoms. The number of aromatic nitrogens is 2. The van der Waals surface area contributed by atoms with Gasteiger partial charge in [-0.25, -0.2) is 9.78 Å². The SMILES string of the molecule is Cc1ccc2c(c1)nc(C1CCC(C(=O)O)O1)n2C(C)C. The smallest absolute Gasteiger partial charge is 0.332 e. The van der Waals surface area contributed by atoms with Crippen molar-refractivity contribution in [1.82, 2.24) is 9.55 Å². The third-order valence-corrected chi connectivity index (χ3v) is 3.97. The van der Waals surface area contributed by atoms with Crippen LogP contribution in [0.15, 0.2) is 18.2 Å². The van der Waals surface area contributed by atoms with Crippen LogP contribution in [-0.4, -0.2) is 26.7 Å². The quantitative estimate of drug-likeness (QED) is 0.941. The van der Waals surface area contributed by atoms with Crippen LogP contribution in [-0.2, 0) is 9.53 Å². The Morgan fingerprint density at radius 1 is 1.43 bits per heavy atom. The molecule has 1 saturated heterocycles. The number of ether oxygens (including phenoxy) is 1. The van der Waals surface area contributed by atoms with E-state index in [9.17, 15) is 4.79 Å². The van der Waals surface area contributed by atoms with Gasteiger partial charge in [-0.3, -0.25) is 0 Å². The van der Waals surface area contributed by atoms with Crippen molar-refractivity contribution in [2.75, 3.05) is 0 Å². The number of hydrogen-bond donors (Lipinski definition) is 1. The minimum absolute atomic E-state index is 0.235. The molecule has 3 rings (SSSR count). The zero-order valence-corrected chi connectivity index (χ0v) is 12.5. The molecule has 1 N–H and O–H groups in total. The highest BCUT2D eigenvalue weighted by Gasteiger charge is 2.34. The van der Waals surface area contributed by atoms with Crippen LogP contribution in [0.5, 0.6) is 0 Å². The van der Waals surface area contributed by atoms with E-state index in [2.05, 4.69) is 36.6 Å². The van der Waals surface area contributed by atoms with Gasteiger partial charge < -0.3 is 14.4 Å². The van der Waals surface area contributed by atoms with Gasteiger partial charge in [-0.1, -0.05) is 6.07 Å². The largest absolute Gasteiger partial charge is 0.479 e. The number of aliphatic carboxylic acids is 1. The summed E-state index contributed by atoms with van der Waals surface area (Å²) in [4.78, 5) is 15.8. The zero-order valence-electron chi connectivity index (χ0n) is 12.5. The van der Waals surface area contributed by atoms with E-state index in [1.54, 1.807) is 0 Å². The maximum atomic E-state index is 11.1. The second-order valence-corrected chi connectivity index (χ2v) is 5.95. The Hall–Kier alpha value is -1.88. The van der Waals surface area contributed by atoms with E-state index < -0.39 is 12.1 Å². The molecule has 1 fully saturated rings. The number of rotatable bonds is 3. The monoisotopic (exact) mass is 288 g/mol. The lowest BCUT2D eigenvalue weighted by molar-refractivity contribution is -0.149. The van der Waals surface area contributed by atoms with Gasteiger partial charge >= 0.3 is 5.97 Å². The van der Waals surface area contributed by atoms with Gasteiger partial charge in [0.2, 0.25) is 0 Å². The van der Waals surface area contributed by atoms with Gasteiger partial charge in [-0.2, -0.15) is 0 Å². The molecule has 1 aromatic heterocycles. The van der Waals surface area contributed by atoms with Crippen molar-refractivity contribution >= 4 is 17.0 Å². The fourth-order valence-electron chi connectivity index (χ4n) is 3.01. The molecule has 2 unspecified atom stereocenters. The summed E-state index contributed by atoms with van der Waals surface area (Å²) in [6.07, 6.45) is 0.296. The van der Waals surface area contributed by atoms with Crippen LogP contribution >= 0.6 is 0 Å². The minimum Gasteiger partial charge on any atom is -0.479 e. The number of nitrogens with zero attached hydrogens (tertiary/aromatic N) is 2. The van der Waals surface area contributed by atoms with Crippen LogP contribution in [0.4, 0.5) is 0 Å². The van der Waals surface area contributed by atoms with Gasteiger partial charge in [-0.15, -0.1) is 0 Å². The third kappa shape index (κ3) is 2.42. The zero-order chi connectivity index (χ0) is 15.1. The van der Waals surface area contributed by atoms with E-state index in [1.165, 1.54) is 5.56 Å². The van der Waals surface area contributed by atoms with Crippen molar-refractivity contribution in [2.45, 2.75) is 51.9 Å². The van der Waals surface area contributed by atoms with E-state index in [0.717, 1.165) is 16.9 Å². The summed E-state index contributed by atoms with van der Waals surface area (Å²) in [5.74, 6) is -0.0464. The van der Waals surface area contributed by atoms with Crippen molar-refractivity contribution in [3.63, 3.8) is 0 Å². The van der Waals surface area contributed by atoms with Gasteiger partial charge in [0.25, 0.3) is 0 Å². The number of carbonyl (C=O) groups is 1. The van der Waals surface area contributed by atoms with Gasteiger partial charge in [0.1, 0.15) is 11.9 Å². The average molecular weight is 288 g/mol. The molecule has 0 radical (unpaired) electrons. The first-order chi connectivity index (χ1) is 9.97. The first-order valence-corrected chi connectivity index (χ1v) is 7.34. The molecule has 1 aliphatic heterocycles. The molecule has 112 valence electrons. The summed E-state index contributed by atoms with van der Waals surface area (Å²) < 4.78 is 7.83. The fourth-order valence-corrected chi connectivity index (χ4v) is 3.01. The Morgan fingerprint density at radius 3 is 2.81 bits per heavy atom. The maximum absolute atomic E-state index is 11.1. The summed E-state index contributed by atoms with van der Waals surface area (Å²) in [7, 11) is 0. The van der Waals surface area contributed by atoms with Gasteiger partial charge in [0.05, 0.1) is 11.0 Å². The molecule has 2 atom stereocenters. The van der Waals surface area contributed by atoms with E-state index in [-0.39, 0.29) is 12.1 Å². The molecule has 0 bridgehead atoms. The summed E-state index contributed by atoms with van der Waals surface area (Å²) in [5, 5.41) is 9.08. The predicted molar refractivity (Wildman–Crippen MR) is 79.3 cm³/mol. The Balaban J connectivity index is 2.06. The Morgan fingerprint density at radius 2 is 2.19 bits per heavy atom. The molecule has 1 aromatic carbocycles. The molecule has 5 nitrogen and oxygen atoms in total. The number of carboxylic acid groups (broad SMARTS) is 1. The number of fused-ring (bicyclic) bond motifs is 1. The first-order valence-electron chi connectivity index (χ1n) is 7.34. The Labute approximate surface area is 123 Å². The van der Waals surface area contributed by atoms with E-state index in [4.69, 9.17) is 14.8 Å². The molecule has 2 heterocycles. The van der Waals surface area contributed by atoms with Crippen LogP contribution < -0.4 is 0 Å². The lowest BCUT2D eigenvalue weighted by atomic mass is 10.2. The van der Waals surface area contributed by atoms with Crippen LogP contribution in [0, 0.1) is 6.92 Å².